The highest BCUT2D eigenvalue weighted by Crippen LogP contribution is 2.26. The van der Waals surface area contributed by atoms with E-state index in [1.54, 1.807) is 17.0 Å². The largest absolute Gasteiger partial charge is 0.481 e. The zero-order valence-electron chi connectivity index (χ0n) is 16.0. The van der Waals surface area contributed by atoms with E-state index in [9.17, 15) is 9.59 Å². The summed E-state index contributed by atoms with van der Waals surface area (Å²) in [7, 11) is 0. The fraction of sp³-hybridized carbons (Fsp3) is 0.364. The molecule has 28 heavy (non-hydrogen) atoms. The number of halogens is 2. The quantitative estimate of drug-likeness (QED) is 0.505. The average Bonchev–Trinajstić information content (AvgIpc) is 2.67. The maximum atomic E-state index is 13.0. The van der Waals surface area contributed by atoms with Gasteiger partial charge in [-0.25, -0.2) is 0 Å². The van der Waals surface area contributed by atoms with Crippen molar-refractivity contribution in [2.45, 2.75) is 39.0 Å². The second kappa shape index (κ2) is 11.1. The molecule has 0 atom stereocenters. The Morgan fingerprint density at radius 2 is 1.57 bits per heavy atom. The van der Waals surface area contributed by atoms with Crippen LogP contribution in [0, 0.1) is 6.92 Å². The van der Waals surface area contributed by atoms with Crippen LogP contribution in [0.3, 0.4) is 0 Å². The van der Waals surface area contributed by atoms with Gasteiger partial charge >= 0.3 is 5.97 Å². The number of hydrogen-bond donors (Lipinski definition) is 1. The number of carbonyl (C=O) groups excluding carboxylic acids is 1. The van der Waals surface area contributed by atoms with Gasteiger partial charge in [0.1, 0.15) is 0 Å². The minimum atomic E-state index is -0.820. The minimum absolute atomic E-state index is 0.105. The van der Waals surface area contributed by atoms with Crippen LogP contribution in [0.2, 0.25) is 10.0 Å². The molecule has 0 aromatic heterocycles. The summed E-state index contributed by atoms with van der Waals surface area (Å²) in [6.07, 6.45) is 2.97. The van der Waals surface area contributed by atoms with Crippen LogP contribution in [0.5, 0.6) is 0 Å². The molecular formula is C22H25Cl2NO3. The molecule has 0 saturated heterocycles. The van der Waals surface area contributed by atoms with E-state index in [1.165, 1.54) is 5.56 Å². The topological polar surface area (TPSA) is 57.6 Å². The van der Waals surface area contributed by atoms with Crippen LogP contribution in [0.4, 0.5) is 0 Å². The van der Waals surface area contributed by atoms with Crippen molar-refractivity contribution in [2.24, 2.45) is 0 Å². The highest BCUT2D eigenvalue weighted by Gasteiger charge is 2.18. The first-order valence-electron chi connectivity index (χ1n) is 9.39. The van der Waals surface area contributed by atoms with E-state index >= 15 is 0 Å². The lowest BCUT2D eigenvalue weighted by atomic mass is 10.1. The van der Waals surface area contributed by atoms with E-state index in [0.29, 0.717) is 41.5 Å². The maximum Gasteiger partial charge on any atom is 0.303 e. The Hall–Kier alpha value is -2.04. The number of aliphatic carboxylic acids is 1. The summed E-state index contributed by atoms with van der Waals surface area (Å²) in [5.41, 5.74) is 2.43. The molecule has 4 nitrogen and oxygen atoms in total. The molecule has 0 spiro atoms. The molecule has 150 valence electrons. The number of nitrogens with zero attached hydrogens (tertiary/aromatic N) is 1. The molecule has 6 heteroatoms. The number of carboxylic acid groups (broad SMARTS) is 1. The smallest absolute Gasteiger partial charge is 0.303 e. The second-order valence-corrected chi connectivity index (χ2v) is 7.61. The van der Waals surface area contributed by atoms with Gasteiger partial charge in [-0.3, -0.25) is 9.59 Å². The third-order valence-electron chi connectivity index (χ3n) is 4.62. The molecule has 2 aromatic carbocycles. The Labute approximate surface area is 176 Å². The summed E-state index contributed by atoms with van der Waals surface area (Å²) in [5.74, 6) is -0.953. The number of rotatable bonds is 10. The summed E-state index contributed by atoms with van der Waals surface area (Å²) in [6.45, 7) is 2.90. The van der Waals surface area contributed by atoms with Gasteiger partial charge in [0.25, 0.3) is 5.91 Å². The van der Waals surface area contributed by atoms with Crippen LogP contribution in [-0.4, -0.2) is 35.0 Å². The maximum absolute atomic E-state index is 13.0. The summed E-state index contributed by atoms with van der Waals surface area (Å²) in [5, 5.41) is 9.74. The number of unbranched alkanes of at least 4 members (excludes halogenated alkanes) is 1. The fourth-order valence-corrected chi connectivity index (χ4v) is 3.45. The van der Waals surface area contributed by atoms with Crippen molar-refractivity contribution >= 4 is 35.1 Å². The molecule has 0 aliphatic heterocycles. The molecule has 0 radical (unpaired) electrons. The van der Waals surface area contributed by atoms with Gasteiger partial charge in [0.2, 0.25) is 0 Å². The number of carboxylic acids is 1. The molecule has 0 saturated carbocycles. The zero-order chi connectivity index (χ0) is 20.5. The van der Waals surface area contributed by atoms with Crippen molar-refractivity contribution in [2.75, 3.05) is 13.1 Å². The predicted octanol–water partition coefficient (Wildman–Crippen LogP) is 5.63. The van der Waals surface area contributed by atoms with E-state index in [4.69, 9.17) is 28.3 Å². The molecule has 1 amide bonds. The van der Waals surface area contributed by atoms with Crippen LogP contribution >= 0.6 is 23.2 Å². The first-order chi connectivity index (χ1) is 13.4. The van der Waals surface area contributed by atoms with Gasteiger partial charge in [0.15, 0.2) is 0 Å². The molecule has 0 fully saturated rings. The van der Waals surface area contributed by atoms with Crippen LogP contribution < -0.4 is 0 Å². The minimum Gasteiger partial charge on any atom is -0.481 e. The third kappa shape index (κ3) is 6.84. The Bertz CT molecular complexity index is 786. The number of benzene rings is 2. The Morgan fingerprint density at radius 3 is 2.18 bits per heavy atom. The van der Waals surface area contributed by atoms with Gasteiger partial charge in [0.05, 0.1) is 0 Å². The first kappa shape index (κ1) is 22.3. The van der Waals surface area contributed by atoms with E-state index in [-0.39, 0.29) is 12.3 Å². The molecule has 0 bridgehead atoms. The zero-order valence-corrected chi connectivity index (χ0v) is 17.5. The van der Waals surface area contributed by atoms with Crippen molar-refractivity contribution in [3.05, 3.63) is 69.2 Å². The van der Waals surface area contributed by atoms with Crippen molar-refractivity contribution in [1.82, 2.24) is 4.90 Å². The van der Waals surface area contributed by atoms with Gasteiger partial charge in [-0.05, 0) is 55.9 Å². The monoisotopic (exact) mass is 421 g/mol. The molecule has 0 aliphatic carbocycles. The highest BCUT2D eigenvalue weighted by molar-refractivity contribution is 6.36. The average molecular weight is 422 g/mol. The highest BCUT2D eigenvalue weighted by atomic mass is 35.5. The summed E-state index contributed by atoms with van der Waals surface area (Å²) < 4.78 is 0. The van der Waals surface area contributed by atoms with Crippen LogP contribution in [-0.2, 0) is 11.2 Å². The third-order valence-corrected chi connectivity index (χ3v) is 5.41. The Balaban J connectivity index is 2.05. The molecule has 0 unspecified atom stereocenters. The van der Waals surface area contributed by atoms with Crippen molar-refractivity contribution < 1.29 is 14.7 Å². The van der Waals surface area contributed by atoms with Crippen LogP contribution in [0.25, 0.3) is 0 Å². The molecule has 2 rings (SSSR count). The van der Waals surface area contributed by atoms with Crippen molar-refractivity contribution in [3.8, 4) is 0 Å². The molecule has 0 aliphatic rings. The number of amides is 1. The fourth-order valence-electron chi connectivity index (χ4n) is 2.96. The second-order valence-electron chi connectivity index (χ2n) is 6.80. The summed E-state index contributed by atoms with van der Waals surface area (Å²) >= 11 is 12.4. The molecule has 2 aromatic rings. The summed E-state index contributed by atoms with van der Waals surface area (Å²) in [6, 6.07) is 13.4. The molecule has 1 N–H and O–H groups in total. The van der Waals surface area contributed by atoms with E-state index in [0.717, 1.165) is 18.4 Å². The number of carbonyl (C=O) groups is 2. The van der Waals surface area contributed by atoms with Gasteiger partial charge in [-0.15, -0.1) is 0 Å². The van der Waals surface area contributed by atoms with E-state index in [2.05, 4.69) is 12.1 Å². The molecular weight excluding hydrogens is 397 g/mol. The number of hydrogen-bond acceptors (Lipinski definition) is 2. The lowest BCUT2D eigenvalue weighted by Crippen LogP contribution is -2.33. The SMILES string of the molecule is Cc1c(Cl)cc(C(=O)N(CCCCC(=O)O)CCCc2ccccc2)cc1Cl. The molecule has 0 heterocycles. The van der Waals surface area contributed by atoms with Crippen molar-refractivity contribution in [1.29, 1.82) is 0 Å². The van der Waals surface area contributed by atoms with Crippen molar-refractivity contribution in [3.63, 3.8) is 0 Å². The summed E-state index contributed by atoms with van der Waals surface area (Å²) in [4.78, 5) is 25.5. The van der Waals surface area contributed by atoms with Gasteiger partial charge < -0.3 is 10.0 Å². The van der Waals surface area contributed by atoms with E-state index in [1.807, 2.05) is 25.1 Å². The van der Waals surface area contributed by atoms with Gasteiger partial charge in [-0.2, -0.15) is 0 Å². The number of aryl methyl sites for hydroxylation is 1. The Morgan fingerprint density at radius 1 is 0.964 bits per heavy atom. The normalized spacial score (nSPS) is 10.7. The van der Waals surface area contributed by atoms with E-state index < -0.39 is 5.97 Å². The standard InChI is InChI=1S/C22H25Cl2NO3/c1-16-19(23)14-18(15-20(16)24)22(28)25(12-6-5-11-21(26)27)13-7-10-17-8-3-2-4-9-17/h2-4,8-9,14-15H,5-7,10-13H2,1H3,(H,26,27). The lowest BCUT2D eigenvalue weighted by molar-refractivity contribution is -0.137. The van der Waals surface area contributed by atoms with Crippen LogP contribution in [0.1, 0.15) is 47.2 Å². The Kier molecular flexibility index (Phi) is 8.81. The first-order valence-corrected chi connectivity index (χ1v) is 10.1. The van der Waals surface area contributed by atoms with Gasteiger partial charge in [0, 0.05) is 35.1 Å². The predicted molar refractivity (Wildman–Crippen MR) is 113 cm³/mol. The van der Waals surface area contributed by atoms with Gasteiger partial charge in [-0.1, -0.05) is 53.5 Å². The lowest BCUT2D eigenvalue weighted by Gasteiger charge is -2.23. The van der Waals surface area contributed by atoms with Crippen LogP contribution in [0.15, 0.2) is 42.5 Å².